The first-order valence-electron chi connectivity index (χ1n) is 9.35. The third-order valence-corrected chi connectivity index (χ3v) is 6.24. The lowest BCUT2D eigenvalue weighted by molar-refractivity contribution is 0.0507. The normalized spacial score (nSPS) is 23.7. The number of amides is 1. The summed E-state index contributed by atoms with van der Waals surface area (Å²) in [6.45, 7) is 9.76. The number of alkyl carbamates (subject to hydrolysis) is 1. The fourth-order valence-electron chi connectivity index (χ4n) is 3.31. The summed E-state index contributed by atoms with van der Waals surface area (Å²) in [6, 6.07) is 0.0843. The molecule has 1 atom stereocenters. The Labute approximate surface area is 161 Å². The quantitative estimate of drug-likeness (QED) is 0.569. The summed E-state index contributed by atoms with van der Waals surface area (Å²) in [5.74, 6) is 0.901. The van der Waals surface area contributed by atoms with E-state index >= 15 is 0 Å². The van der Waals surface area contributed by atoms with Crippen molar-refractivity contribution in [2.24, 2.45) is 4.99 Å². The number of nitrogens with one attached hydrogen (secondary N) is 2. The van der Waals surface area contributed by atoms with Crippen LogP contribution in [0, 0.1) is 0 Å². The van der Waals surface area contributed by atoms with Crippen LogP contribution < -0.4 is 10.6 Å². The standard InChI is InChI=1S/C18H34N4O3S/c1-17(2,3)25-16(23)21-14-6-9-22(12-14)15(19-4)20-13-18(26-5)7-10-24-11-8-18/h14H,6-13H2,1-5H3,(H,19,20)(H,21,23). The Morgan fingerprint density at radius 1 is 1.38 bits per heavy atom. The Morgan fingerprint density at radius 2 is 2.08 bits per heavy atom. The first kappa shape index (κ1) is 21.2. The predicted molar refractivity (Wildman–Crippen MR) is 107 cm³/mol. The zero-order valence-electron chi connectivity index (χ0n) is 16.8. The molecule has 1 unspecified atom stereocenters. The van der Waals surface area contributed by atoms with Crippen LogP contribution >= 0.6 is 11.8 Å². The second-order valence-electron chi connectivity index (χ2n) is 7.98. The van der Waals surface area contributed by atoms with Gasteiger partial charge in [-0.05, 0) is 46.3 Å². The van der Waals surface area contributed by atoms with Gasteiger partial charge in [-0.3, -0.25) is 4.99 Å². The molecule has 8 heteroatoms. The van der Waals surface area contributed by atoms with E-state index in [9.17, 15) is 4.79 Å². The Balaban J connectivity index is 1.82. The number of guanidine groups is 1. The van der Waals surface area contributed by atoms with E-state index in [0.29, 0.717) is 0 Å². The Morgan fingerprint density at radius 3 is 2.65 bits per heavy atom. The Kier molecular flexibility index (Phi) is 7.46. The van der Waals surface area contributed by atoms with Gasteiger partial charge in [0.2, 0.25) is 0 Å². The minimum absolute atomic E-state index is 0.0843. The zero-order valence-corrected chi connectivity index (χ0v) is 17.6. The van der Waals surface area contributed by atoms with Crippen molar-refractivity contribution < 1.29 is 14.3 Å². The van der Waals surface area contributed by atoms with Crippen molar-refractivity contribution in [1.29, 1.82) is 0 Å². The topological polar surface area (TPSA) is 75.2 Å². The molecule has 26 heavy (non-hydrogen) atoms. The van der Waals surface area contributed by atoms with Gasteiger partial charge < -0.3 is 25.0 Å². The maximum Gasteiger partial charge on any atom is 0.407 e. The van der Waals surface area contributed by atoms with E-state index in [1.54, 1.807) is 0 Å². The van der Waals surface area contributed by atoms with Crippen molar-refractivity contribution in [2.45, 2.75) is 56.4 Å². The van der Waals surface area contributed by atoms with Crippen LogP contribution in [0.1, 0.15) is 40.0 Å². The molecule has 0 radical (unpaired) electrons. The van der Waals surface area contributed by atoms with Crippen molar-refractivity contribution in [3.8, 4) is 0 Å². The monoisotopic (exact) mass is 386 g/mol. The van der Waals surface area contributed by atoms with Gasteiger partial charge >= 0.3 is 6.09 Å². The number of aliphatic imine (C=N–C) groups is 1. The van der Waals surface area contributed by atoms with Gasteiger partial charge in [-0.25, -0.2) is 4.79 Å². The van der Waals surface area contributed by atoms with Crippen LogP contribution in [0.5, 0.6) is 0 Å². The molecule has 2 heterocycles. The molecule has 150 valence electrons. The van der Waals surface area contributed by atoms with Crippen molar-refractivity contribution in [3.63, 3.8) is 0 Å². The number of rotatable bonds is 4. The van der Waals surface area contributed by atoms with Crippen LogP contribution in [0.15, 0.2) is 4.99 Å². The number of hydrogen-bond acceptors (Lipinski definition) is 5. The highest BCUT2D eigenvalue weighted by Gasteiger charge is 2.33. The third kappa shape index (κ3) is 6.23. The number of likely N-dealkylation sites (tertiary alicyclic amines) is 1. The molecule has 0 saturated carbocycles. The Hall–Kier alpha value is -1.15. The second-order valence-corrected chi connectivity index (χ2v) is 9.25. The van der Waals surface area contributed by atoms with Crippen molar-refractivity contribution >= 4 is 23.8 Å². The fraction of sp³-hybridized carbons (Fsp3) is 0.889. The van der Waals surface area contributed by atoms with Gasteiger partial charge in [0, 0.05) is 44.6 Å². The lowest BCUT2D eigenvalue weighted by Crippen LogP contribution is -2.49. The summed E-state index contributed by atoms with van der Waals surface area (Å²) < 4.78 is 11.1. The van der Waals surface area contributed by atoms with Gasteiger partial charge in [0.05, 0.1) is 6.04 Å². The highest BCUT2D eigenvalue weighted by atomic mass is 32.2. The highest BCUT2D eigenvalue weighted by Crippen LogP contribution is 2.33. The summed E-state index contributed by atoms with van der Waals surface area (Å²) >= 11 is 1.91. The molecule has 0 spiro atoms. The van der Waals surface area contributed by atoms with Gasteiger partial charge in [-0.1, -0.05) is 0 Å². The maximum atomic E-state index is 12.0. The average molecular weight is 387 g/mol. The summed E-state index contributed by atoms with van der Waals surface area (Å²) in [5, 5.41) is 6.50. The van der Waals surface area contributed by atoms with Crippen LogP contribution in [-0.2, 0) is 9.47 Å². The molecule has 0 aromatic heterocycles. The Bertz CT molecular complexity index is 501. The molecule has 0 aromatic carbocycles. The largest absolute Gasteiger partial charge is 0.444 e. The molecule has 0 aromatic rings. The maximum absolute atomic E-state index is 12.0. The lowest BCUT2D eigenvalue weighted by Gasteiger charge is -2.36. The SMILES string of the molecule is CN=C(NCC1(SC)CCOCC1)N1CCC(NC(=O)OC(C)(C)C)C1. The van der Waals surface area contributed by atoms with Crippen molar-refractivity contribution in [1.82, 2.24) is 15.5 Å². The van der Waals surface area contributed by atoms with Crippen LogP contribution in [-0.4, -0.2) is 79.5 Å². The van der Waals surface area contributed by atoms with Crippen LogP contribution in [0.4, 0.5) is 4.79 Å². The molecule has 0 aliphatic carbocycles. The van der Waals surface area contributed by atoms with Gasteiger partial charge in [-0.15, -0.1) is 0 Å². The smallest absolute Gasteiger partial charge is 0.407 e. The number of carbonyl (C=O) groups is 1. The zero-order chi connectivity index (χ0) is 19.2. The summed E-state index contributed by atoms with van der Waals surface area (Å²) in [6.07, 6.45) is 4.83. The molecule has 1 amide bonds. The van der Waals surface area contributed by atoms with Gasteiger partial charge in [0.15, 0.2) is 5.96 Å². The van der Waals surface area contributed by atoms with Crippen molar-refractivity contribution in [3.05, 3.63) is 0 Å². The number of thioether (sulfide) groups is 1. The summed E-state index contributed by atoms with van der Waals surface area (Å²) in [7, 11) is 1.81. The lowest BCUT2D eigenvalue weighted by atomic mass is 9.99. The molecular formula is C18H34N4O3S. The number of ether oxygens (including phenoxy) is 2. The predicted octanol–water partition coefficient (Wildman–Crippen LogP) is 2.07. The van der Waals surface area contributed by atoms with E-state index in [1.807, 2.05) is 39.6 Å². The van der Waals surface area contributed by atoms with Crippen LogP contribution in [0.3, 0.4) is 0 Å². The molecule has 2 aliphatic heterocycles. The molecule has 2 saturated heterocycles. The average Bonchev–Trinajstić information content (AvgIpc) is 3.02. The minimum Gasteiger partial charge on any atom is -0.444 e. The van der Waals surface area contributed by atoms with Gasteiger partial charge in [-0.2, -0.15) is 11.8 Å². The van der Waals surface area contributed by atoms with E-state index in [-0.39, 0.29) is 16.9 Å². The number of hydrogen-bond donors (Lipinski definition) is 2. The third-order valence-electron chi connectivity index (χ3n) is 4.83. The minimum atomic E-state index is -0.476. The van der Waals surface area contributed by atoms with Crippen molar-refractivity contribution in [2.75, 3.05) is 46.2 Å². The number of nitrogens with zero attached hydrogens (tertiary/aromatic N) is 2. The highest BCUT2D eigenvalue weighted by molar-refractivity contribution is 8.00. The summed E-state index contributed by atoms with van der Waals surface area (Å²) in [5.41, 5.74) is -0.476. The molecule has 2 rings (SSSR count). The van der Waals surface area contributed by atoms with Crippen LogP contribution in [0.2, 0.25) is 0 Å². The second kappa shape index (κ2) is 9.17. The van der Waals surface area contributed by atoms with E-state index in [0.717, 1.165) is 58.1 Å². The van der Waals surface area contributed by atoms with Gasteiger partial charge in [0.25, 0.3) is 0 Å². The fourth-order valence-corrected chi connectivity index (χ4v) is 4.11. The van der Waals surface area contributed by atoms with Gasteiger partial charge in [0.1, 0.15) is 5.60 Å². The van der Waals surface area contributed by atoms with E-state index in [4.69, 9.17) is 9.47 Å². The van der Waals surface area contributed by atoms with E-state index < -0.39 is 5.60 Å². The molecule has 0 bridgehead atoms. The first-order chi connectivity index (χ1) is 12.3. The molecule has 7 nitrogen and oxygen atoms in total. The molecular weight excluding hydrogens is 352 g/mol. The first-order valence-corrected chi connectivity index (χ1v) is 10.6. The molecule has 2 fully saturated rings. The molecule has 2 aliphatic rings. The van der Waals surface area contributed by atoms with E-state index in [1.165, 1.54) is 0 Å². The van der Waals surface area contributed by atoms with Crippen LogP contribution in [0.25, 0.3) is 0 Å². The van der Waals surface area contributed by atoms with E-state index in [2.05, 4.69) is 26.8 Å². The molecule has 2 N–H and O–H groups in total. The number of carbonyl (C=O) groups excluding carboxylic acids is 1. The summed E-state index contributed by atoms with van der Waals surface area (Å²) in [4.78, 5) is 18.6.